The minimum absolute atomic E-state index is 0.0388. The summed E-state index contributed by atoms with van der Waals surface area (Å²) in [5.41, 5.74) is 31.4. The van der Waals surface area contributed by atoms with Crippen LogP contribution in [0.1, 0.15) is 211 Å². The Morgan fingerprint density at radius 3 is 1.04 bits per heavy atom. The summed E-state index contributed by atoms with van der Waals surface area (Å²) in [5.74, 6) is 0. The van der Waals surface area contributed by atoms with Crippen LogP contribution in [0.5, 0.6) is 0 Å². The Labute approximate surface area is 541 Å². The molecule has 2 nitrogen and oxygen atoms in total. The van der Waals surface area contributed by atoms with Gasteiger partial charge in [0.2, 0.25) is 13.4 Å². The van der Waals surface area contributed by atoms with Gasteiger partial charge in [-0.1, -0.05) is 298 Å². The van der Waals surface area contributed by atoms with Gasteiger partial charge < -0.3 is 9.13 Å². The highest BCUT2D eigenvalue weighted by molar-refractivity contribution is 7.00. The Bertz CT molecular complexity index is 4670. The SMILES string of the molecule is CC(C)(C)c1ccc(-c2ccc3c(c2)c2cccc4c2n3-c2cc3c(cc2B4c2c(C(C)(C)C)cc(C(C)(C)C)cc2C(C)(C)C)-n2c4ccccc4c4cc(-c5ccc(C(C)(C)C)cc5)cc(c42)B3c2c(C(C)(C)C)cc(C(C)(C)C)cc2C(C)(C)C)cc1. The van der Waals surface area contributed by atoms with Crippen molar-refractivity contribution in [2.75, 3.05) is 0 Å². The van der Waals surface area contributed by atoms with Crippen molar-refractivity contribution in [3.8, 4) is 33.6 Å². The molecule has 458 valence electrons. The first kappa shape index (κ1) is 61.6. The van der Waals surface area contributed by atoms with Crippen molar-refractivity contribution in [3.05, 3.63) is 202 Å². The molecule has 0 unspecified atom stereocenters. The Kier molecular flexibility index (Phi) is 13.8. The third-order valence-corrected chi connectivity index (χ3v) is 20.6. The summed E-state index contributed by atoms with van der Waals surface area (Å²) >= 11 is 0. The molecule has 13 rings (SSSR count). The summed E-state index contributed by atoms with van der Waals surface area (Å²) in [6.45, 7) is 57.5. The van der Waals surface area contributed by atoms with Gasteiger partial charge in [0.1, 0.15) is 0 Å². The second-order valence-corrected chi connectivity index (χ2v) is 35.6. The molecule has 2 aromatic heterocycles. The number of para-hydroxylation sites is 2. The van der Waals surface area contributed by atoms with E-state index in [1.54, 1.807) is 0 Å². The zero-order valence-electron chi connectivity index (χ0n) is 59.1. The third-order valence-electron chi connectivity index (χ3n) is 20.6. The van der Waals surface area contributed by atoms with Crippen molar-refractivity contribution in [2.24, 2.45) is 0 Å². The van der Waals surface area contributed by atoms with Gasteiger partial charge in [-0.3, -0.25) is 0 Å². The lowest BCUT2D eigenvalue weighted by Crippen LogP contribution is -2.63. The van der Waals surface area contributed by atoms with Gasteiger partial charge >= 0.3 is 0 Å². The highest BCUT2D eigenvalue weighted by atomic mass is 15.0. The Hall–Kier alpha value is -7.29. The Morgan fingerprint density at radius 2 is 0.611 bits per heavy atom. The molecule has 0 aliphatic carbocycles. The molecule has 2 aliphatic heterocycles. The molecule has 0 amide bonds. The molecule has 90 heavy (non-hydrogen) atoms. The second-order valence-electron chi connectivity index (χ2n) is 35.6. The van der Waals surface area contributed by atoms with E-state index >= 15 is 0 Å². The van der Waals surface area contributed by atoms with E-state index in [-0.39, 0.29) is 56.7 Å². The van der Waals surface area contributed by atoms with Crippen LogP contribution >= 0.6 is 0 Å². The fourth-order valence-corrected chi connectivity index (χ4v) is 15.5. The monoisotopic (exact) mass is 1180 g/mol. The molecular formula is C86H98B2N2. The van der Waals surface area contributed by atoms with Crippen molar-refractivity contribution < 1.29 is 0 Å². The Morgan fingerprint density at radius 1 is 0.244 bits per heavy atom. The van der Waals surface area contributed by atoms with E-state index in [9.17, 15) is 0 Å². The van der Waals surface area contributed by atoms with Gasteiger partial charge in [0, 0.05) is 44.0 Å². The molecule has 0 spiro atoms. The van der Waals surface area contributed by atoms with Crippen LogP contribution in [0, 0.1) is 0 Å². The van der Waals surface area contributed by atoms with Crippen LogP contribution in [-0.4, -0.2) is 22.6 Å². The van der Waals surface area contributed by atoms with E-state index in [0.29, 0.717) is 0 Å². The first-order valence-corrected chi connectivity index (χ1v) is 33.6. The van der Waals surface area contributed by atoms with Crippen LogP contribution < -0.4 is 32.8 Å². The zero-order chi connectivity index (χ0) is 64.9. The summed E-state index contributed by atoms with van der Waals surface area (Å²) in [6.07, 6.45) is 0. The molecule has 0 atom stereocenters. The quantitative estimate of drug-likeness (QED) is 0.155. The fraction of sp³-hybridized carbons (Fsp3) is 0.372. The van der Waals surface area contributed by atoms with E-state index in [1.807, 2.05) is 0 Å². The van der Waals surface area contributed by atoms with Crippen molar-refractivity contribution in [2.45, 2.75) is 209 Å². The smallest absolute Gasteiger partial charge is 0.247 e. The first-order valence-electron chi connectivity index (χ1n) is 33.6. The molecule has 0 saturated carbocycles. The molecule has 4 heterocycles. The topological polar surface area (TPSA) is 9.86 Å². The minimum Gasteiger partial charge on any atom is -0.310 e. The zero-order valence-corrected chi connectivity index (χ0v) is 59.1. The predicted molar refractivity (Wildman–Crippen MR) is 398 cm³/mol. The molecule has 0 bridgehead atoms. The molecule has 0 saturated heterocycles. The standard InChI is InChI=1S/C86H98B2N2/c1-79(2,3)55-37-32-51(33-38-55)53-36-41-72-61(42-53)60-29-27-30-67-77(60)90(72)73-50-69-74(49-68(73)87(67)75-63(83(13,14)15)45-57(81(7,8)9)46-64(75)84(16,17)18)89-71-31-26-25-28-59(71)62-43-54(52-34-39-56(40-35-52)80(4,5)6)44-70(78(62)89)88(69)76-65(85(19,20)21)47-58(82(10,11)12)48-66(76)86(22,23)24/h25-50H,1-24H3. The van der Waals surface area contributed by atoms with Crippen LogP contribution in [0.25, 0.3) is 77.2 Å². The van der Waals surface area contributed by atoms with Crippen LogP contribution in [0.4, 0.5) is 0 Å². The van der Waals surface area contributed by atoms with Crippen LogP contribution in [0.3, 0.4) is 0 Å². The molecule has 0 radical (unpaired) electrons. The van der Waals surface area contributed by atoms with Crippen molar-refractivity contribution >= 4 is 89.8 Å². The molecule has 4 heteroatoms. The molecule has 0 N–H and O–H groups in total. The minimum atomic E-state index is -0.196. The van der Waals surface area contributed by atoms with E-state index in [0.717, 1.165) is 0 Å². The number of aromatic nitrogens is 2. The lowest BCUT2D eigenvalue weighted by atomic mass is 9.30. The molecule has 9 aromatic carbocycles. The average Bonchev–Trinajstić information content (AvgIpc) is 1.38. The third kappa shape index (κ3) is 9.98. The summed E-state index contributed by atoms with van der Waals surface area (Å²) in [5, 5.41) is 5.18. The summed E-state index contributed by atoms with van der Waals surface area (Å²) in [4.78, 5) is 0. The van der Waals surface area contributed by atoms with E-state index < -0.39 is 0 Å². The summed E-state index contributed by atoms with van der Waals surface area (Å²) in [6, 6.07) is 63.8. The van der Waals surface area contributed by atoms with Crippen molar-refractivity contribution in [1.82, 2.24) is 9.13 Å². The maximum absolute atomic E-state index is 2.73. The molecular weight excluding hydrogens is 1080 g/mol. The van der Waals surface area contributed by atoms with Crippen molar-refractivity contribution in [1.29, 1.82) is 0 Å². The number of fused-ring (bicyclic) bond motifs is 10. The normalized spacial score (nSPS) is 14.2. The van der Waals surface area contributed by atoms with Crippen molar-refractivity contribution in [3.63, 3.8) is 0 Å². The fourth-order valence-electron chi connectivity index (χ4n) is 15.5. The lowest BCUT2D eigenvalue weighted by Gasteiger charge is -2.40. The van der Waals surface area contributed by atoms with Gasteiger partial charge in [0.05, 0.1) is 11.0 Å². The lowest BCUT2D eigenvalue weighted by molar-refractivity contribution is 0.552. The van der Waals surface area contributed by atoms with E-state index in [2.05, 4.69) is 333 Å². The summed E-state index contributed by atoms with van der Waals surface area (Å²) in [7, 11) is 0. The summed E-state index contributed by atoms with van der Waals surface area (Å²) < 4.78 is 5.43. The number of hydrogen-bond acceptors (Lipinski definition) is 0. The van der Waals surface area contributed by atoms with Crippen LogP contribution in [0.15, 0.2) is 158 Å². The Balaban J connectivity index is 1.24. The molecule has 11 aromatic rings. The van der Waals surface area contributed by atoms with Gasteiger partial charge in [0.15, 0.2) is 0 Å². The van der Waals surface area contributed by atoms with Gasteiger partial charge in [-0.05, 0) is 168 Å². The van der Waals surface area contributed by atoms with Gasteiger partial charge in [-0.2, -0.15) is 0 Å². The van der Waals surface area contributed by atoms with Crippen LogP contribution in [0.2, 0.25) is 0 Å². The maximum atomic E-state index is 2.73. The largest absolute Gasteiger partial charge is 0.310 e. The number of nitrogens with zero attached hydrogens (tertiary/aromatic N) is 2. The predicted octanol–water partition coefficient (Wildman–Crippen LogP) is 19.3. The van der Waals surface area contributed by atoms with Gasteiger partial charge in [-0.25, -0.2) is 0 Å². The first-order chi connectivity index (χ1) is 41.7. The highest BCUT2D eigenvalue weighted by Gasteiger charge is 2.46. The van der Waals surface area contributed by atoms with E-state index in [1.165, 1.54) is 155 Å². The highest BCUT2D eigenvalue weighted by Crippen LogP contribution is 2.44. The average molecular weight is 1180 g/mol. The molecule has 2 aliphatic rings. The van der Waals surface area contributed by atoms with Crippen LogP contribution in [-0.2, 0) is 43.3 Å². The number of hydrogen-bond donors (Lipinski definition) is 0. The van der Waals surface area contributed by atoms with Gasteiger partial charge in [0.25, 0.3) is 0 Å². The second kappa shape index (κ2) is 20.1. The number of benzene rings is 9. The number of rotatable bonds is 4. The maximum Gasteiger partial charge on any atom is 0.247 e. The van der Waals surface area contributed by atoms with Gasteiger partial charge in [-0.15, -0.1) is 0 Å². The van der Waals surface area contributed by atoms with E-state index in [4.69, 9.17) is 0 Å². The molecule has 0 fully saturated rings.